The first-order chi connectivity index (χ1) is 10.0. The lowest BCUT2D eigenvalue weighted by atomic mass is 9.88. The van der Waals surface area contributed by atoms with Crippen LogP contribution in [-0.2, 0) is 10.4 Å². The number of carbonyl (C=O) groups is 2. The van der Waals surface area contributed by atoms with E-state index in [1.807, 2.05) is 6.07 Å². The Morgan fingerprint density at radius 3 is 2.43 bits per heavy atom. The number of nitrogens with zero attached hydrogens (tertiary/aromatic N) is 1. The molecule has 0 fully saturated rings. The first-order valence-electron chi connectivity index (χ1n) is 6.72. The molecule has 1 amide bonds. The van der Waals surface area contributed by atoms with Crippen LogP contribution >= 0.6 is 0 Å². The molecular formula is C17H15NO3. The van der Waals surface area contributed by atoms with E-state index in [1.165, 1.54) is 4.90 Å². The summed E-state index contributed by atoms with van der Waals surface area (Å²) < 4.78 is 0. The number of hydrogen-bond donors (Lipinski definition) is 1. The molecule has 3 rings (SSSR count). The molecule has 1 N–H and O–H groups in total. The smallest absolute Gasteiger partial charge is 0.263 e. The normalized spacial score (nSPS) is 20.5. The van der Waals surface area contributed by atoms with E-state index in [9.17, 15) is 14.7 Å². The minimum Gasteiger partial charge on any atom is -0.375 e. The summed E-state index contributed by atoms with van der Waals surface area (Å²) in [6.07, 6.45) is -0.253. The number of amides is 1. The van der Waals surface area contributed by atoms with Crippen LogP contribution in [0.3, 0.4) is 0 Å². The van der Waals surface area contributed by atoms with Gasteiger partial charge >= 0.3 is 0 Å². The summed E-state index contributed by atoms with van der Waals surface area (Å²) in [7, 11) is 1.60. The van der Waals surface area contributed by atoms with Crippen LogP contribution in [-0.4, -0.2) is 23.8 Å². The number of likely N-dealkylation sites (N-methyl/N-ethyl adjacent to an activating group) is 1. The molecule has 2 aromatic carbocycles. The van der Waals surface area contributed by atoms with Crippen molar-refractivity contribution in [3.8, 4) is 0 Å². The predicted molar refractivity (Wildman–Crippen MR) is 79.1 cm³/mol. The molecule has 106 valence electrons. The van der Waals surface area contributed by atoms with Crippen LogP contribution < -0.4 is 4.90 Å². The number of hydrogen-bond acceptors (Lipinski definition) is 3. The van der Waals surface area contributed by atoms with Crippen molar-refractivity contribution >= 4 is 17.4 Å². The Morgan fingerprint density at radius 1 is 1.10 bits per heavy atom. The molecule has 4 nitrogen and oxygen atoms in total. The van der Waals surface area contributed by atoms with E-state index in [2.05, 4.69) is 0 Å². The van der Waals surface area contributed by atoms with Crippen molar-refractivity contribution in [1.29, 1.82) is 0 Å². The molecule has 0 aromatic heterocycles. The molecule has 0 aliphatic carbocycles. The van der Waals surface area contributed by atoms with Crippen LogP contribution in [0.4, 0.5) is 5.69 Å². The van der Waals surface area contributed by atoms with Gasteiger partial charge in [0.25, 0.3) is 5.91 Å². The van der Waals surface area contributed by atoms with E-state index in [4.69, 9.17) is 0 Å². The zero-order valence-electron chi connectivity index (χ0n) is 11.6. The Balaban J connectivity index is 1.98. The maximum atomic E-state index is 12.4. The van der Waals surface area contributed by atoms with E-state index in [1.54, 1.807) is 55.6 Å². The highest BCUT2D eigenvalue weighted by Crippen LogP contribution is 2.41. The Bertz CT molecular complexity index is 711. The molecule has 0 unspecified atom stereocenters. The first kappa shape index (κ1) is 13.5. The maximum absolute atomic E-state index is 12.4. The van der Waals surface area contributed by atoms with Gasteiger partial charge in [0, 0.05) is 18.2 Å². The van der Waals surface area contributed by atoms with E-state index in [0.29, 0.717) is 16.8 Å². The van der Waals surface area contributed by atoms with Gasteiger partial charge in [0.2, 0.25) is 0 Å². The average Bonchev–Trinajstić information content (AvgIpc) is 2.71. The van der Waals surface area contributed by atoms with Crippen molar-refractivity contribution in [2.75, 3.05) is 11.9 Å². The number of Topliss-reactive ketones (excluding diaryl/α,β-unsaturated/α-hetero) is 1. The van der Waals surface area contributed by atoms with E-state index >= 15 is 0 Å². The quantitative estimate of drug-likeness (QED) is 0.877. The largest absolute Gasteiger partial charge is 0.375 e. The molecule has 4 heteroatoms. The van der Waals surface area contributed by atoms with Gasteiger partial charge in [-0.15, -0.1) is 0 Å². The fraction of sp³-hybridized carbons (Fsp3) is 0.176. The van der Waals surface area contributed by atoms with E-state index < -0.39 is 11.5 Å². The van der Waals surface area contributed by atoms with Gasteiger partial charge in [-0.25, -0.2) is 0 Å². The lowest BCUT2D eigenvalue weighted by Gasteiger charge is -2.21. The number of fused-ring (bicyclic) bond motifs is 1. The van der Waals surface area contributed by atoms with Gasteiger partial charge in [-0.1, -0.05) is 48.5 Å². The summed E-state index contributed by atoms with van der Waals surface area (Å²) in [6.45, 7) is 0. The molecule has 2 aromatic rings. The second kappa shape index (κ2) is 4.82. The molecule has 1 aliphatic rings. The first-order valence-corrected chi connectivity index (χ1v) is 6.72. The Morgan fingerprint density at radius 2 is 1.71 bits per heavy atom. The molecule has 0 bridgehead atoms. The minimum absolute atomic E-state index is 0.253. The highest BCUT2D eigenvalue weighted by molar-refractivity contribution is 6.10. The third-order valence-corrected chi connectivity index (χ3v) is 3.88. The van der Waals surface area contributed by atoms with Crippen LogP contribution in [0.15, 0.2) is 54.6 Å². The lowest BCUT2D eigenvalue weighted by molar-refractivity contribution is -0.135. The number of anilines is 1. The minimum atomic E-state index is -1.78. The van der Waals surface area contributed by atoms with Crippen LogP contribution in [0.5, 0.6) is 0 Å². The number of ketones is 1. The Labute approximate surface area is 122 Å². The number of rotatable bonds is 3. The average molecular weight is 281 g/mol. The second-order valence-corrected chi connectivity index (χ2v) is 5.21. The standard InChI is InChI=1S/C17H15NO3/c1-18-14-10-6-5-9-13(14)17(21,16(18)20)11-15(19)12-7-3-2-4-8-12/h2-10,21H,11H2,1H3/t17-/m1/s1. The molecule has 1 aliphatic heterocycles. The van der Waals surface area contributed by atoms with Crippen LogP contribution in [0.2, 0.25) is 0 Å². The summed E-state index contributed by atoms with van der Waals surface area (Å²) in [6, 6.07) is 15.7. The van der Waals surface area contributed by atoms with Crippen LogP contribution in [0.1, 0.15) is 22.3 Å². The molecule has 21 heavy (non-hydrogen) atoms. The molecule has 0 saturated heterocycles. The number of carbonyl (C=O) groups excluding carboxylic acids is 2. The Kier molecular flexibility index (Phi) is 3.11. The fourth-order valence-electron chi connectivity index (χ4n) is 2.75. The third-order valence-electron chi connectivity index (χ3n) is 3.88. The zero-order valence-corrected chi connectivity index (χ0v) is 11.6. The van der Waals surface area contributed by atoms with Gasteiger partial charge in [0.05, 0.1) is 12.1 Å². The van der Waals surface area contributed by atoms with Gasteiger partial charge in [-0.3, -0.25) is 9.59 Å². The van der Waals surface area contributed by atoms with E-state index in [0.717, 1.165) is 0 Å². The number of para-hydroxylation sites is 1. The van der Waals surface area contributed by atoms with Crippen LogP contribution in [0, 0.1) is 0 Å². The monoisotopic (exact) mass is 281 g/mol. The topological polar surface area (TPSA) is 57.6 Å². The van der Waals surface area contributed by atoms with Gasteiger partial charge in [0.15, 0.2) is 11.4 Å². The molecule has 0 saturated carbocycles. The SMILES string of the molecule is CN1C(=O)[C@@](O)(CC(=O)c2ccccc2)c2ccccc21. The zero-order chi connectivity index (χ0) is 15.0. The van der Waals surface area contributed by atoms with Crippen LogP contribution in [0.25, 0.3) is 0 Å². The van der Waals surface area contributed by atoms with Crippen molar-refractivity contribution in [1.82, 2.24) is 0 Å². The van der Waals surface area contributed by atoms with Gasteiger partial charge < -0.3 is 10.0 Å². The highest BCUT2D eigenvalue weighted by Gasteiger charge is 2.49. The number of aliphatic hydroxyl groups is 1. The van der Waals surface area contributed by atoms with Crippen molar-refractivity contribution in [2.45, 2.75) is 12.0 Å². The van der Waals surface area contributed by atoms with Crippen molar-refractivity contribution < 1.29 is 14.7 Å². The summed E-state index contributed by atoms with van der Waals surface area (Å²) >= 11 is 0. The van der Waals surface area contributed by atoms with E-state index in [-0.39, 0.29) is 12.2 Å². The summed E-state index contributed by atoms with van der Waals surface area (Å²) in [5.74, 6) is -0.718. The second-order valence-electron chi connectivity index (χ2n) is 5.21. The van der Waals surface area contributed by atoms with Crippen molar-refractivity contribution in [3.05, 3.63) is 65.7 Å². The van der Waals surface area contributed by atoms with Crippen molar-refractivity contribution in [3.63, 3.8) is 0 Å². The van der Waals surface area contributed by atoms with Gasteiger partial charge in [-0.05, 0) is 6.07 Å². The molecule has 0 radical (unpaired) electrons. The summed E-state index contributed by atoms with van der Waals surface area (Å²) in [4.78, 5) is 26.1. The summed E-state index contributed by atoms with van der Waals surface area (Å²) in [5.41, 5.74) is -0.156. The molecule has 1 atom stereocenters. The van der Waals surface area contributed by atoms with Gasteiger partial charge in [0.1, 0.15) is 0 Å². The van der Waals surface area contributed by atoms with Gasteiger partial charge in [-0.2, -0.15) is 0 Å². The summed E-state index contributed by atoms with van der Waals surface area (Å²) in [5, 5.41) is 10.8. The highest BCUT2D eigenvalue weighted by atomic mass is 16.3. The lowest BCUT2D eigenvalue weighted by Crippen LogP contribution is -2.40. The fourth-order valence-corrected chi connectivity index (χ4v) is 2.75. The molecule has 0 spiro atoms. The third kappa shape index (κ3) is 2.04. The maximum Gasteiger partial charge on any atom is 0.263 e. The Hall–Kier alpha value is -2.46. The predicted octanol–water partition coefficient (Wildman–Crippen LogP) is 2.12. The molecule has 1 heterocycles. The molecular weight excluding hydrogens is 266 g/mol. The van der Waals surface area contributed by atoms with Crippen molar-refractivity contribution in [2.24, 2.45) is 0 Å². The number of benzene rings is 2.